The number of hydrogen-bond donors (Lipinski definition) is 3. The van der Waals surface area contributed by atoms with Crippen molar-refractivity contribution in [1.82, 2.24) is 20.3 Å². The average molecular weight is 282 g/mol. The van der Waals surface area contributed by atoms with Gasteiger partial charge in [-0.05, 0) is 18.1 Å². The zero-order valence-electron chi connectivity index (χ0n) is 11.7. The highest BCUT2D eigenvalue weighted by molar-refractivity contribution is 5.84. The summed E-state index contributed by atoms with van der Waals surface area (Å²) < 4.78 is 0. The lowest BCUT2D eigenvalue weighted by atomic mass is 10.1. The molecule has 5 nitrogen and oxygen atoms in total. The molecule has 0 aliphatic heterocycles. The van der Waals surface area contributed by atoms with Crippen molar-refractivity contribution in [2.75, 3.05) is 6.54 Å². The molecule has 1 aromatic carbocycles. The molecule has 1 amide bonds. The maximum atomic E-state index is 11.9. The third-order valence-corrected chi connectivity index (χ3v) is 3.54. The smallest absolute Gasteiger partial charge is 0.220 e. The van der Waals surface area contributed by atoms with Crippen LogP contribution in [0.15, 0.2) is 42.9 Å². The lowest BCUT2D eigenvalue weighted by Gasteiger charge is -2.03. The maximum Gasteiger partial charge on any atom is 0.220 e. The van der Waals surface area contributed by atoms with Crippen molar-refractivity contribution in [3.63, 3.8) is 0 Å². The Kier molecular flexibility index (Phi) is 4.00. The first-order valence-electron chi connectivity index (χ1n) is 7.13. The van der Waals surface area contributed by atoms with Gasteiger partial charge in [-0.2, -0.15) is 0 Å². The summed E-state index contributed by atoms with van der Waals surface area (Å²) in [6.07, 6.45) is 7.46. The number of nitrogens with zero attached hydrogens (tertiary/aromatic N) is 1. The number of hydrogen-bond acceptors (Lipinski definition) is 2. The van der Waals surface area contributed by atoms with Crippen LogP contribution in [0.2, 0.25) is 0 Å². The number of rotatable bonds is 6. The largest absolute Gasteiger partial charge is 0.361 e. The van der Waals surface area contributed by atoms with E-state index in [0.29, 0.717) is 13.0 Å². The molecule has 0 fully saturated rings. The summed E-state index contributed by atoms with van der Waals surface area (Å²) in [5.41, 5.74) is 2.30. The van der Waals surface area contributed by atoms with Crippen LogP contribution < -0.4 is 5.32 Å². The minimum Gasteiger partial charge on any atom is -0.361 e. The Balaban J connectivity index is 1.47. The molecule has 108 valence electrons. The summed E-state index contributed by atoms with van der Waals surface area (Å²) in [7, 11) is 0. The van der Waals surface area contributed by atoms with Gasteiger partial charge in [0.05, 0.1) is 0 Å². The second-order valence-electron chi connectivity index (χ2n) is 5.00. The molecular weight excluding hydrogens is 264 g/mol. The van der Waals surface area contributed by atoms with Crippen LogP contribution in [0.3, 0.4) is 0 Å². The SMILES string of the molecule is O=C(CCc1c[nH]c2ccccc12)NCCc1ncc[nH]1. The summed E-state index contributed by atoms with van der Waals surface area (Å²) in [4.78, 5) is 22.2. The van der Waals surface area contributed by atoms with Crippen molar-refractivity contribution in [2.45, 2.75) is 19.3 Å². The van der Waals surface area contributed by atoms with Gasteiger partial charge in [-0.3, -0.25) is 4.79 Å². The Labute approximate surface area is 122 Å². The fourth-order valence-corrected chi connectivity index (χ4v) is 2.43. The molecule has 3 N–H and O–H groups in total. The number of nitrogens with one attached hydrogen (secondary N) is 3. The molecule has 3 aromatic rings. The van der Waals surface area contributed by atoms with Crippen LogP contribution in [-0.2, 0) is 17.6 Å². The highest BCUT2D eigenvalue weighted by atomic mass is 16.1. The van der Waals surface area contributed by atoms with Crippen LogP contribution in [0.5, 0.6) is 0 Å². The van der Waals surface area contributed by atoms with E-state index in [-0.39, 0.29) is 5.91 Å². The maximum absolute atomic E-state index is 11.9. The fraction of sp³-hybridized carbons (Fsp3) is 0.250. The van der Waals surface area contributed by atoms with Crippen LogP contribution in [0.25, 0.3) is 10.9 Å². The van der Waals surface area contributed by atoms with E-state index in [4.69, 9.17) is 0 Å². The number of carbonyl (C=O) groups excluding carboxylic acids is 1. The van der Waals surface area contributed by atoms with Crippen LogP contribution in [0.1, 0.15) is 17.8 Å². The third-order valence-electron chi connectivity index (χ3n) is 3.54. The molecule has 2 aromatic heterocycles. The molecule has 0 unspecified atom stereocenters. The van der Waals surface area contributed by atoms with Crippen molar-refractivity contribution in [3.8, 4) is 0 Å². The second-order valence-corrected chi connectivity index (χ2v) is 5.00. The number of H-pyrrole nitrogens is 2. The lowest BCUT2D eigenvalue weighted by Crippen LogP contribution is -2.26. The van der Waals surface area contributed by atoms with E-state index in [9.17, 15) is 4.79 Å². The summed E-state index contributed by atoms with van der Waals surface area (Å²) in [5.74, 6) is 0.971. The minimum absolute atomic E-state index is 0.0758. The number of carbonyl (C=O) groups is 1. The number of fused-ring (bicyclic) bond motifs is 1. The molecule has 21 heavy (non-hydrogen) atoms. The number of aromatic nitrogens is 3. The average Bonchev–Trinajstić information content (AvgIpc) is 3.14. The first kappa shape index (κ1) is 13.4. The zero-order chi connectivity index (χ0) is 14.5. The molecule has 2 heterocycles. The molecule has 0 aliphatic carbocycles. The normalized spacial score (nSPS) is 10.9. The topological polar surface area (TPSA) is 73.6 Å². The van der Waals surface area contributed by atoms with E-state index < -0.39 is 0 Å². The van der Waals surface area contributed by atoms with Crippen LogP contribution in [0, 0.1) is 0 Å². The van der Waals surface area contributed by atoms with Crippen LogP contribution in [-0.4, -0.2) is 27.4 Å². The Hall–Kier alpha value is -2.56. The second kappa shape index (κ2) is 6.26. The fourth-order valence-electron chi connectivity index (χ4n) is 2.43. The van der Waals surface area contributed by atoms with Gasteiger partial charge in [0, 0.05) is 48.9 Å². The summed E-state index contributed by atoms with van der Waals surface area (Å²) >= 11 is 0. The van der Waals surface area contributed by atoms with Crippen molar-refractivity contribution >= 4 is 16.8 Å². The molecule has 0 atom stereocenters. The molecule has 3 rings (SSSR count). The first-order valence-corrected chi connectivity index (χ1v) is 7.13. The number of para-hydroxylation sites is 1. The first-order chi connectivity index (χ1) is 10.3. The predicted octanol–water partition coefficient (Wildman–Crippen LogP) is 2.18. The zero-order valence-corrected chi connectivity index (χ0v) is 11.7. The van der Waals surface area contributed by atoms with Crippen LogP contribution >= 0.6 is 0 Å². The van der Waals surface area contributed by atoms with E-state index in [0.717, 1.165) is 24.2 Å². The minimum atomic E-state index is 0.0758. The van der Waals surface area contributed by atoms with Gasteiger partial charge in [0.25, 0.3) is 0 Å². The van der Waals surface area contributed by atoms with Gasteiger partial charge >= 0.3 is 0 Å². The molecule has 5 heteroatoms. The standard InChI is InChI=1S/C16H18N4O/c21-16(19-8-7-15-17-9-10-18-15)6-5-12-11-20-14-4-2-1-3-13(12)14/h1-4,9-11,20H,5-8H2,(H,17,18)(H,19,21). The monoisotopic (exact) mass is 282 g/mol. The predicted molar refractivity (Wildman–Crippen MR) is 81.9 cm³/mol. The van der Waals surface area contributed by atoms with Gasteiger partial charge < -0.3 is 15.3 Å². The Bertz CT molecular complexity index is 715. The van der Waals surface area contributed by atoms with E-state index in [1.54, 1.807) is 12.4 Å². The van der Waals surface area contributed by atoms with E-state index >= 15 is 0 Å². The third kappa shape index (κ3) is 3.31. The van der Waals surface area contributed by atoms with E-state index in [1.807, 2.05) is 24.4 Å². The molecule has 0 radical (unpaired) electrons. The van der Waals surface area contributed by atoms with Gasteiger partial charge in [-0.1, -0.05) is 18.2 Å². The molecular formula is C16H18N4O. The van der Waals surface area contributed by atoms with Gasteiger partial charge in [0.2, 0.25) is 5.91 Å². The lowest BCUT2D eigenvalue weighted by molar-refractivity contribution is -0.121. The van der Waals surface area contributed by atoms with Gasteiger partial charge in [0.1, 0.15) is 5.82 Å². The number of benzene rings is 1. The molecule has 0 saturated heterocycles. The number of imidazole rings is 1. The van der Waals surface area contributed by atoms with Crippen LogP contribution in [0.4, 0.5) is 0 Å². The van der Waals surface area contributed by atoms with Gasteiger partial charge in [-0.25, -0.2) is 4.98 Å². The Morgan fingerprint density at radius 1 is 1.19 bits per heavy atom. The molecule has 0 bridgehead atoms. The molecule has 0 spiro atoms. The number of aryl methyl sites for hydroxylation is 1. The van der Waals surface area contributed by atoms with Crippen molar-refractivity contribution in [3.05, 3.63) is 54.2 Å². The highest BCUT2D eigenvalue weighted by Crippen LogP contribution is 2.18. The van der Waals surface area contributed by atoms with Crippen molar-refractivity contribution in [1.29, 1.82) is 0 Å². The molecule has 0 aliphatic rings. The van der Waals surface area contributed by atoms with E-state index in [2.05, 4.69) is 26.3 Å². The Morgan fingerprint density at radius 2 is 2.10 bits per heavy atom. The van der Waals surface area contributed by atoms with Gasteiger partial charge in [0.15, 0.2) is 0 Å². The summed E-state index contributed by atoms with van der Waals surface area (Å²) in [6, 6.07) is 8.14. The van der Waals surface area contributed by atoms with Crippen molar-refractivity contribution < 1.29 is 4.79 Å². The molecule has 0 saturated carbocycles. The Morgan fingerprint density at radius 3 is 2.95 bits per heavy atom. The number of aromatic amines is 2. The summed E-state index contributed by atoms with van der Waals surface area (Å²) in [5, 5.41) is 4.12. The summed E-state index contributed by atoms with van der Waals surface area (Å²) in [6.45, 7) is 0.611. The highest BCUT2D eigenvalue weighted by Gasteiger charge is 2.06. The number of amides is 1. The quantitative estimate of drug-likeness (QED) is 0.648. The van der Waals surface area contributed by atoms with Gasteiger partial charge in [-0.15, -0.1) is 0 Å². The van der Waals surface area contributed by atoms with E-state index in [1.165, 1.54) is 10.9 Å². The van der Waals surface area contributed by atoms with Crippen molar-refractivity contribution in [2.24, 2.45) is 0 Å².